The van der Waals surface area contributed by atoms with Crippen LogP contribution in [0.2, 0.25) is 10.0 Å². The van der Waals surface area contributed by atoms with Crippen molar-refractivity contribution in [2.75, 3.05) is 18.4 Å². The fourth-order valence-electron chi connectivity index (χ4n) is 2.72. The molecular weight excluding hydrogens is 403 g/mol. The molecule has 25 heavy (non-hydrogen) atoms. The van der Waals surface area contributed by atoms with Gasteiger partial charge in [0.05, 0.1) is 10.7 Å². The van der Waals surface area contributed by atoms with E-state index in [2.05, 4.69) is 5.32 Å². The number of sulfonamides is 1. The number of nitrogens with one attached hydrogen (secondary N) is 1. The van der Waals surface area contributed by atoms with Crippen molar-refractivity contribution in [3.8, 4) is 0 Å². The van der Waals surface area contributed by atoms with Gasteiger partial charge in [-0.2, -0.15) is 4.31 Å². The summed E-state index contributed by atoms with van der Waals surface area (Å²) < 4.78 is 26.8. The van der Waals surface area contributed by atoms with Gasteiger partial charge in [0.1, 0.15) is 4.21 Å². The Hall–Kier alpha value is -1.12. The van der Waals surface area contributed by atoms with Gasteiger partial charge >= 0.3 is 0 Å². The minimum absolute atomic E-state index is 0.155. The number of halogens is 2. The summed E-state index contributed by atoms with van der Waals surface area (Å²) >= 11 is 13.1. The molecule has 2 aromatic rings. The van der Waals surface area contributed by atoms with Gasteiger partial charge in [0, 0.05) is 24.0 Å². The Balaban J connectivity index is 1.61. The van der Waals surface area contributed by atoms with E-state index in [1.807, 2.05) is 0 Å². The normalized spacial score (nSPS) is 16.7. The zero-order valence-corrected chi connectivity index (χ0v) is 16.3. The van der Waals surface area contributed by atoms with E-state index in [0.717, 1.165) is 0 Å². The van der Waals surface area contributed by atoms with Gasteiger partial charge in [0.25, 0.3) is 10.0 Å². The Kier molecular flexibility index (Phi) is 5.70. The van der Waals surface area contributed by atoms with Crippen molar-refractivity contribution in [1.82, 2.24) is 4.31 Å². The second-order valence-electron chi connectivity index (χ2n) is 5.72. The lowest BCUT2D eigenvalue weighted by atomic mass is 9.97. The number of carbonyl (C=O) groups is 1. The molecular formula is C16H16Cl2N2O3S2. The Morgan fingerprint density at radius 3 is 2.52 bits per heavy atom. The van der Waals surface area contributed by atoms with Crippen LogP contribution in [-0.4, -0.2) is 31.7 Å². The second kappa shape index (κ2) is 7.63. The molecule has 0 unspecified atom stereocenters. The molecule has 0 atom stereocenters. The van der Waals surface area contributed by atoms with E-state index in [1.165, 1.54) is 15.6 Å². The summed E-state index contributed by atoms with van der Waals surface area (Å²) in [7, 11) is -3.45. The molecule has 1 N–H and O–H groups in total. The molecule has 1 aliphatic rings. The van der Waals surface area contributed by atoms with Gasteiger partial charge in [-0.05, 0) is 42.5 Å². The molecule has 0 aliphatic carbocycles. The van der Waals surface area contributed by atoms with Gasteiger partial charge in [0.2, 0.25) is 5.91 Å². The highest BCUT2D eigenvalue weighted by atomic mass is 35.5. The summed E-state index contributed by atoms with van der Waals surface area (Å²) in [6.45, 7) is 0.652. The van der Waals surface area contributed by atoms with Gasteiger partial charge in [-0.25, -0.2) is 8.42 Å². The number of hydrogen-bond acceptors (Lipinski definition) is 4. The third-order valence-corrected chi connectivity index (χ3v) is 7.92. The van der Waals surface area contributed by atoms with E-state index in [9.17, 15) is 13.2 Å². The maximum absolute atomic E-state index is 12.5. The average Bonchev–Trinajstić information content (AvgIpc) is 3.13. The van der Waals surface area contributed by atoms with Crippen LogP contribution >= 0.6 is 34.5 Å². The average molecular weight is 419 g/mol. The van der Waals surface area contributed by atoms with Crippen molar-refractivity contribution in [2.24, 2.45) is 5.92 Å². The second-order valence-corrected chi connectivity index (χ2v) is 9.68. The first kappa shape index (κ1) is 18.7. The molecule has 1 fully saturated rings. The molecule has 2 heterocycles. The maximum Gasteiger partial charge on any atom is 0.252 e. The first-order valence-corrected chi connectivity index (χ1v) is 10.7. The Morgan fingerprint density at radius 1 is 1.20 bits per heavy atom. The molecule has 0 radical (unpaired) electrons. The quantitative estimate of drug-likeness (QED) is 0.812. The van der Waals surface area contributed by atoms with Gasteiger partial charge in [-0.3, -0.25) is 4.79 Å². The highest BCUT2D eigenvalue weighted by Crippen LogP contribution is 2.29. The predicted octanol–water partition coefficient (Wildman–Crippen LogP) is 4.09. The summed E-state index contributed by atoms with van der Waals surface area (Å²) in [6.07, 6.45) is 0.948. The number of anilines is 1. The van der Waals surface area contributed by atoms with Crippen molar-refractivity contribution in [3.63, 3.8) is 0 Å². The molecule has 1 aliphatic heterocycles. The topological polar surface area (TPSA) is 66.5 Å². The number of amides is 1. The molecule has 1 aromatic heterocycles. The minimum Gasteiger partial charge on any atom is -0.325 e. The minimum atomic E-state index is -3.45. The van der Waals surface area contributed by atoms with Crippen molar-refractivity contribution in [2.45, 2.75) is 17.1 Å². The molecule has 1 saturated heterocycles. The summed E-state index contributed by atoms with van der Waals surface area (Å²) in [4.78, 5) is 12.4. The summed E-state index contributed by atoms with van der Waals surface area (Å²) in [6, 6.07) is 8.18. The lowest BCUT2D eigenvalue weighted by molar-refractivity contribution is -0.120. The van der Waals surface area contributed by atoms with Gasteiger partial charge in [0.15, 0.2) is 0 Å². The molecule has 134 valence electrons. The monoisotopic (exact) mass is 418 g/mol. The Morgan fingerprint density at radius 2 is 1.92 bits per heavy atom. The molecule has 3 rings (SSSR count). The van der Waals surface area contributed by atoms with Gasteiger partial charge < -0.3 is 5.32 Å². The third-order valence-electron chi connectivity index (χ3n) is 4.10. The van der Waals surface area contributed by atoms with Crippen molar-refractivity contribution >= 4 is 56.2 Å². The summed E-state index contributed by atoms with van der Waals surface area (Å²) in [5.74, 6) is -0.404. The molecule has 0 spiro atoms. The van der Waals surface area contributed by atoms with E-state index in [0.29, 0.717) is 45.9 Å². The van der Waals surface area contributed by atoms with Gasteiger partial charge in [-0.1, -0.05) is 29.3 Å². The van der Waals surface area contributed by atoms with Crippen LogP contribution in [0.1, 0.15) is 12.8 Å². The molecule has 1 amide bonds. The van der Waals surface area contributed by atoms with E-state index in [1.54, 1.807) is 35.7 Å². The summed E-state index contributed by atoms with van der Waals surface area (Å²) in [5, 5.41) is 5.40. The van der Waals surface area contributed by atoms with Crippen molar-refractivity contribution < 1.29 is 13.2 Å². The molecule has 0 saturated carbocycles. The van der Waals surface area contributed by atoms with Crippen LogP contribution < -0.4 is 5.32 Å². The maximum atomic E-state index is 12.5. The first-order chi connectivity index (χ1) is 11.9. The van der Waals surface area contributed by atoms with E-state index in [4.69, 9.17) is 23.2 Å². The standard InChI is InChI=1S/C16H16Cl2N2O3S2/c17-12-3-4-14(13(18)10-12)19-16(21)11-5-7-20(8-6-11)25(22,23)15-2-1-9-24-15/h1-4,9-11H,5-8H2,(H,19,21). The number of thiophene rings is 1. The first-order valence-electron chi connectivity index (χ1n) is 7.67. The summed E-state index contributed by atoms with van der Waals surface area (Å²) in [5.41, 5.74) is 0.504. The van der Waals surface area contributed by atoms with Crippen molar-refractivity contribution in [1.29, 1.82) is 0 Å². The lowest BCUT2D eigenvalue weighted by Crippen LogP contribution is -2.41. The number of benzene rings is 1. The number of piperidine rings is 1. The molecule has 9 heteroatoms. The fourth-order valence-corrected chi connectivity index (χ4v) is 5.79. The molecule has 0 bridgehead atoms. The van der Waals surface area contributed by atoms with E-state index in [-0.39, 0.29) is 11.8 Å². The predicted molar refractivity (Wildman–Crippen MR) is 101 cm³/mol. The lowest BCUT2D eigenvalue weighted by Gasteiger charge is -2.30. The smallest absolute Gasteiger partial charge is 0.252 e. The number of nitrogens with zero attached hydrogens (tertiary/aromatic N) is 1. The van der Waals surface area contributed by atoms with Gasteiger partial charge in [-0.15, -0.1) is 11.3 Å². The zero-order valence-electron chi connectivity index (χ0n) is 13.1. The van der Waals surface area contributed by atoms with Crippen LogP contribution in [0.15, 0.2) is 39.9 Å². The highest BCUT2D eigenvalue weighted by molar-refractivity contribution is 7.91. The highest BCUT2D eigenvalue weighted by Gasteiger charge is 2.32. The zero-order chi connectivity index (χ0) is 18.0. The largest absolute Gasteiger partial charge is 0.325 e. The Labute approximate surface area is 160 Å². The van der Waals surface area contributed by atoms with Crippen LogP contribution in [0.3, 0.4) is 0 Å². The fraction of sp³-hybridized carbons (Fsp3) is 0.312. The van der Waals surface area contributed by atoms with Crippen molar-refractivity contribution in [3.05, 3.63) is 45.8 Å². The van der Waals surface area contributed by atoms with E-state index >= 15 is 0 Å². The molecule has 5 nitrogen and oxygen atoms in total. The Bertz CT molecular complexity index is 862. The van der Waals surface area contributed by atoms with E-state index < -0.39 is 10.0 Å². The third kappa shape index (κ3) is 4.17. The molecule has 1 aromatic carbocycles. The number of rotatable bonds is 4. The van der Waals surface area contributed by atoms with Crippen LogP contribution in [0.4, 0.5) is 5.69 Å². The SMILES string of the molecule is O=C(Nc1ccc(Cl)cc1Cl)C1CCN(S(=O)(=O)c2cccs2)CC1. The van der Waals surface area contributed by atoms with Crippen LogP contribution in [0.25, 0.3) is 0 Å². The van der Waals surface area contributed by atoms with Crippen LogP contribution in [0.5, 0.6) is 0 Å². The number of hydrogen-bond donors (Lipinski definition) is 1. The number of carbonyl (C=O) groups excluding carboxylic acids is 1. The van der Waals surface area contributed by atoms with Crippen LogP contribution in [-0.2, 0) is 14.8 Å². The van der Waals surface area contributed by atoms with Crippen LogP contribution in [0, 0.1) is 5.92 Å².